The lowest BCUT2D eigenvalue weighted by Gasteiger charge is -2.35. The van der Waals surface area contributed by atoms with Gasteiger partial charge in [0.05, 0.1) is 25.9 Å². The second kappa shape index (κ2) is 12.8. The monoisotopic (exact) mass is 619 g/mol. The Morgan fingerprint density at radius 2 is 1.42 bits per heavy atom. The van der Waals surface area contributed by atoms with E-state index in [-0.39, 0.29) is 39.6 Å². The summed E-state index contributed by atoms with van der Waals surface area (Å²) in [4.78, 5) is 21.1. The molecule has 0 aliphatic carbocycles. The molecule has 0 spiro atoms. The maximum atomic E-state index is 14.5. The summed E-state index contributed by atoms with van der Waals surface area (Å²) in [5.74, 6) is 0.978. The Labute approximate surface area is 272 Å². The lowest BCUT2D eigenvalue weighted by Crippen LogP contribution is -2.45. The topological polar surface area (TPSA) is 57.2 Å². The van der Waals surface area contributed by atoms with Gasteiger partial charge in [-0.15, -0.1) is 0 Å². The predicted octanol–water partition coefficient (Wildman–Crippen LogP) is 9.00. The Kier molecular flexibility index (Phi) is 9.93. The highest BCUT2D eigenvalue weighted by Gasteiger charge is 2.48. The van der Waals surface area contributed by atoms with E-state index in [0.717, 1.165) is 22.3 Å². The van der Waals surface area contributed by atoms with E-state index in [9.17, 15) is 4.79 Å². The molecule has 2 aliphatic rings. The number of carbonyl (C=O) groups excluding carboxylic acids is 1. The fraction of sp³-hybridized carbons (Fsp3) is 0.615. The molecule has 2 atom stereocenters. The zero-order chi connectivity index (χ0) is 33.5. The van der Waals surface area contributed by atoms with E-state index in [1.807, 2.05) is 35.4 Å². The van der Waals surface area contributed by atoms with Gasteiger partial charge in [0, 0.05) is 28.5 Å². The van der Waals surface area contributed by atoms with Crippen LogP contribution in [-0.4, -0.2) is 36.3 Å². The van der Waals surface area contributed by atoms with Gasteiger partial charge in [-0.3, -0.25) is 4.84 Å². The molecule has 45 heavy (non-hydrogen) atoms. The number of carbonyl (C=O) groups is 1. The molecular formula is C39H57NO5. The molecule has 2 fully saturated rings. The van der Waals surface area contributed by atoms with Crippen LogP contribution in [0.1, 0.15) is 119 Å². The van der Waals surface area contributed by atoms with Crippen molar-refractivity contribution in [2.45, 2.75) is 131 Å². The van der Waals surface area contributed by atoms with Crippen LogP contribution in [-0.2, 0) is 42.0 Å². The lowest BCUT2D eigenvalue weighted by molar-refractivity contribution is -0.212. The average molecular weight is 620 g/mol. The molecule has 6 nitrogen and oxygen atoms in total. The van der Waals surface area contributed by atoms with Crippen molar-refractivity contribution in [3.8, 4) is 5.75 Å². The highest BCUT2D eigenvalue weighted by Crippen LogP contribution is 2.45. The first kappa shape index (κ1) is 35.0. The summed E-state index contributed by atoms with van der Waals surface area (Å²) in [6.45, 7) is 29.8. The van der Waals surface area contributed by atoms with Crippen molar-refractivity contribution >= 4 is 5.97 Å². The molecule has 2 heterocycles. The van der Waals surface area contributed by atoms with E-state index in [4.69, 9.17) is 19.0 Å². The SMILES string of the molecule is CC(C)[C@@H]1C(=C2OCC(C)(C)CO2)C[C@H](C(=O)Oc2c(C(C)(C)C)cc(C(C)(C)C)cc2C(C)(C)C)N1OCc1ccccc1. The van der Waals surface area contributed by atoms with Crippen LogP contribution in [0.4, 0.5) is 0 Å². The van der Waals surface area contributed by atoms with Crippen LogP contribution >= 0.6 is 0 Å². The van der Waals surface area contributed by atoms with E-state index < -0.39 is 6.04 Å². The molecule has 0 saturated carbocycles. The highest BCUT2D eigenvalue weighted by atomic mass is 16.7. The van der Waals surface area contributed by atoms with Crippen molar-refractivity contribution in [3.05, 3.63) is 76.2 Å². The molecule has 2 aromatic rings. The summed E-state index contributed by atoms with van der Waals surface area (Å²) in [5, 5.41) is 1.85. The van der Waals surface area contributed by atoms with Crippen molar-refractivity contribution < 1.29 is 23.8 Å². The second-order valence-electron chi connectivity index (χ2n) is 17.2. The Morgan fingerprint density at radius 3 is 1.89 bits per heavy atom. The van der Waals surface area contributed by atoms with Gasteiger partial charge in [-0.1, -0.05) is 132 Å². The van der Waals surface area contributed by atoms with Crippen molar-refractivity contribution in [2.75, 3.05) is 13.2 Å². The number of hydroxylamine groups is 2. The molecule has 6 heteroatoms. The minimum atomic E-state index is -0.673. The molecule has 0 aromatic heterocycles. The van der Waals surface area contributed by atoms with Crippen LogP contribution in [0.15, 0.2) is 54.0 Å². The summed E-state index contributed by atoms with van der Waals surface area (Å²) in [6, 6.07) is 13.6. The number of rotatable bonds is 6. The normalized spacial score (nSPS) is 21.1. The van der Waals surface area contributed by atoms with Crippen molar-refractivity contribution in [1.29, 1.82) is 0 Å². The second-order valence-corrected chi connectivity index (χ2v) is 17.2. The van der Waals surface area contributed by atoms with Gasteiger partial charge in [-0.2, -0.15) is 5.06 Å². The summed E-state index contributed by atoms with van der Waals surface area (Å²) < 4.78 is 19.0. The third-order valence-electron chi connectivity index (χ3n) is 8.70. The molecule has 0 amide bonds. The van der Waals surface area contributed by atoms with Crippen LogP contribution < -0.4 is 4.74 Å². The lowest BCUT2D eigenvalue weighted by atomic mass is 9.74. The van der Waals surface area contributed by atoms with Gasteiger partial charge in [0.2, 0.25) is 0 Å². The van der Waals surface area contributed by atoms with Gasteiger partial charge in [-0.25, -0.2) is 4.79 Å². The Hall–Kier alpha value is -2.83. The Morgan fingerprint density at radius 1 is 0.889 bits per heavy atom. The minimum absolute atomic E-state index is 0.0593. The summed E-state index contributed by atoms with van der Waals surface area (Å²) in [6.07, 6.45) is 0.405. The fourth-order valence-corrected chi connectivity index (χ4v) is 5.99. The van der Waals surface area contributed by atoms with Gasteiger partial charge in [0.15, 0.2) is 0 Å². The maximum Gasteiger partial charge on any atom is 0.331 e. The molecule has 2 saturated heterocycles. The standard InChI is InChI=1S/C39H57NO5/c1-25(2)32-28(35-42-23-39(12,13)24-43-35)21-31(40(32)44-22-26-17-15-14-16-18-26)34(41)45-33-29(37(6,7)8)19-27(36(3,4)5)20-30(33)38(9,10)11/h14-20,25,31-32H,21-24H2,1-13H3/t31-,32-/m1/s1. The molecule has 4 rings (SSSR count). The van der Waals surface area contributed by atoms with E-state index in [0.29, 0.717) is 37.9 Å². The maximum absolute atomic E-state index is 14.5. The summed E-state index contributed by atoms with van der Waals surface area (Å²) >= 11 is 0. The zero-order valence-corrected chi connectivity index (χ0v) is 30.1. The van der Waals surface area contributed by atoms with E-state index in [2.05, 4.69) is 102 Å². The fourth-order valence-electron chi connectivity index (χ4n) is 5.99. The van der Waals surface area contributed by atoms with Crippen LogP contribution in [0.2, 0.25) is 0 Å². The third-order valence-corrected chi connectivity index (χ3v) is 8.70. The molecule has 0 N–H and O–H groups in total. The van der Waals surface area contributed by atoms with Gasteiger partial charge in [-0.05, 0) is 33.3 Å². The number of esters is 1. The summed E-state index contributed by atoms with van der Waals surface area (Å²) in [7, 11) is 0. The molecule has 2 aromatic carbocycles. The smallest absolute Gasteiger partial charge is 0.331 e. The first-order valence-electron chi connectivity index (χ1n) is 16.5. The first-order chi connectivity index (χ1) is 20.7. The van der Waals surface area contributed by atoms with Crippen molar-refractivity contribution in [1.82, 2.24) is 5.06 Å². The van der Waals surface area contributed by atoms with Gasteiger partial charge < -0.3 is 14.2 Å². The summed E-state index contributed by atoms with van der Waals surface area (Å²) in [5.41, 5.74) is 4.63. The molecule has 2 aliphatic heterocycles. The third kappa shape index (κ3) is 8.13. The Bertz CT molecular complexity index is 1340. The number of benzene rings is 2. The average Bonchev–Trinajstić information content (AvgIpc) is 3.30. The van der Waals surface area contributed by atoms with Gasteiger partial charge in [0.1, 0.15) is 11.8 Å². The van der Waals surface area contributed by atoms with Gasteiger partial charge >= 0.3 is 5.97 Å². The van der Waals surface area contributed by atoms with Crippen LogP contribution in [0.3, 0.4) is 0 Å². The zero-order valence-electron chi connectivity index (χ0n) is 30.1. The first-order valence-corrected chi connectivity index (χ1v) is 16.5. The van der Waals surface area contributed by atoms with E-state index in [1.165, 1.54) is 5.56 Å². The van der Waals surface area contributed by atoms with E-state index in [1.54, 1.807) is 0 Å². The number of hydrogen-bond acceptors (Lipinski definition) is 6. The molecule has 0 unspecified atom stereocenters. The molecule has 248 valence electrons. The largest absolute Gasteiger partial charge is 0.465 e. The molecular weight excluding hydrogens is 562 g/mol. The van der Waals surface area contributed by atoms with Crippen LogP contribution in [0.5, 0.6) is 5.75 Å². The number of nitrogens with zero attached hydrogens (tertiary/aromatic N) is 1. The van der Waals surface area contributed by atoms with E-state index >= 15 is 0 Å². The quantitative estimate of drug-likeness (QED) is 0.238. The molecule has 0 radical (unpaired) electrons. The minimum Gasteiger partial charge on any atom is -0.465 e. The molecule has 0 bridgehead atoms. The van der Waals surface area contributed by atoms with Gasteiger partial charge in [0.25, 0.3) is 5.95 Å². The highest BCUT2D eigenvalue weighted by molar-refractivity contribution is 5.80. The number of ether oxygens (including phenoxy) is 3. The van der Waals surface area contributed by atoms with Crippen molar-refractivity contribution in [2.24, 2.45) is 11.3 Å². The number of hydrogen-bond donors (Lipinski definition) is 0. The van der Waals surface area contributed by atoms with Crippen LogP contribution in [0.25, 0.3) is 0 Å². The van der Waals surface area contributed by atoms with Crippen LogP contribution in [0, 0.1) is 11.3 Å². The Balaban J connectivity index is 1.80. The van der Waals surface area contributed by atoms with Crippen molar-refractivity contribution in [3.63, 3.8) is 0 Å². The predicted molar refractivity (Wildman–Crippen MR) is 181 cm³/mol.